The average molecular weight is 640 g/mol. The van der Waals surface area contributed by atoms with Gasteiger partial charge in [-0.3, -0.25) is 0 Å². The largest absolute Gasteiger partial charge is 0.456 e. The van der Waals surface area contributed by atoms with Crippen LogP contribution in [0, 0.1) is 0 Å². The van der Waals surface area contributed by atoms with Gasteiger partial charge in [-0.05, 0) is 57.9 Å². The minimum Gasteiger partial charge on any atom is -0.456 e. The zero-order chi connectivity index (χ0) is 31.5. The maximum Gasteiger partial charge on any atom is 0.164 e. The number of benzene rings is 6. The van der Waals surface area contributed by atoms with Crippen LogP contribution >= 0.6 is 11.8 Å². The molecule has 0 unspecified atom stereocenters. The molecular weight excluding hydrogens is 611 g/mol. The third-order valence-corrected chi connectivity index (χ3v) is 14.3. The van der Waals surface area contributed by atoms with E-state index in [2.05, 4.69) is 85.9 Å². The van der Waals surface area contributed by atoms with Gasteiger partial charge in [0, 0.05) is 37.3 Å². The van der Waals surface area contributed by atoms with Gasteiger partial charge >= 0.3 is 0 Å². The monoisotopic (exact) mass is 639 g/mol. The summed E-state index contributed by atoms with van der Waals surface area (Å²) in [5.74, 6) is 1.89. The Bertz CT molecular complexity index is 2420. The van der Waals surface area contributed by atoms with Crippen LogP contribution in [0.4, 0.5) is 0 Å². The van der Waals surface area contributed by atoms with Crippen molar-refractivity contribution < 1.29 is 4.42 Å². The predicted octanol–water partition coefficient (Wildman–Crippen LogP) is 9.73. The first-order valence-electron chi connectivity index (χ1n) is 15.8. The van der Waals surface area contributed by atoms with Crippen molar-refractivity contribution in [1.82, 2.24) is 15.0 Å². The Morgan fingerprint density at radius 2 is 0.936 bits per heavy atom. The lowest BCUT2D eigenvalue weighted by Crippen LogP contribution is -2.56. The highest BCUT2D eigenvalue weighted by molar-refractivity contribution is 8.00. The molecule has 1 aliphatic rings. The first-order valence-corrected chi connectivity index (χ1v) is 19.6. The van der Waals surface area contributed by atoms with Crippen LogP contribution in [0.1, 0.15) is 0 Å². The van der Waals surface area contributed by atoms with Gasteiger partial charge in [0.05, 0.1) is 0 Å². The van der Waals surface area contributed by atoms with Gasteiger partial charge in [-0.15, -0.1) is 0 Å². The van der Waals surface area contributed by atoms with E-state index in [0.717, 1.165) is 44.2 Å². The lowest BCUT2D eigenvalue weighted by molar-refractivity contribution is 0.669. The van der Waals surface area contributed by atoms with Crippen LogP contribution in [0.2, 0.25) is 13.1 Å². The Morgan fingerprint density at radius 3 is 1.60 bits per heavy atom. The second-order valence-electron chi connectivity index (χ2n) is 12.5. The minimum atomic E-state index is -1.75. The third-order valence-electron chi connectivity index (χ3n) is 9.20. The molecule has 0 bridgehead atoms. The summed E-state index contributed by atoms with van der Waals surface area (Å²) >= 11 is 1.89. The lowest BCUT2D eigenvalue weighted by atomic mass is 10.0. The molecule has 0 fully saturated rings. The van der Waals surface area contributed by atoms with Crippen LogP contribution in [0.15, 0.2) is 154 Å². The number of nitrogens with zero attached hydrogens (tertiary/aromatic N) is 3. The first-order chi connectivity index (χ1) is 23.0. The Kier molecular flexibility index (Phi) is 6.49. The molecule has 0 aliphatic carbocycles. The van der Waals surface area contributed by atoms with Crippen LogP contribution in [0.5, 0.6) is 0 Å². The van der Waals surface area contributed by atoms with Crippen molar-refractivity contribution in [1.29, 1.82) is 0 Å². The minimum absolute atomic E-state index is 0.611. The van der Waals surface area contributed by atoms with Crippen molar-refractivity contribution in [3.63, 3.8) is 0 Å². The average Bonchev–Trinajstić information content (AvgIpc) is 3.49. The zero-order valence-corrected chi connectivity index (χ0v) is 27.8. The van der Waals surface area contributed by atoms with Crippen molar-refractivity contribution in [3.8, 4) is 45.3 Å². The number of rotatable bonds is 4. The van der Waals surface area contributed by atoms with Gasteiger partial charge in [0.1, 0.15) is 19.2 Å². The first kappa shape index (κ1) is 28.0. The molecule has 8 aromatic rings. The molecule has 224 valence electrons. The summed E-state index contributed by atoms with van der Waals surface area (Å²) in [6.07, 6.45) is 0. The fourth-order valence-electron chi connectivity index (χ4n) is 6.67. The van der Waals surface area contributed by atoms with Gasteiger partial charge in [-0.1, -0.05) is 128 Å². The maximum atomic E-state index is 6.53. The summed E-state index contributed by atoms with van der Waals surface area (Å²) in [7, 11) is -1.75. The molecule has 0 saturated carbocycles. The second-order valence-corrected chi connectivity index (χ2v) is 17.9. The summed E-state index contributed by atoms with van der Waals surface area (Å²) in [6.45, 7) is 4.92. The van der Waals surface area contributed by atoms with Crippen molar-refractivity contribution >= 4 is 52.1 Å². The predicted molar refractivity (Wildman–Crippen MR) is 196 cm³/mol. The fraction of sp³-hybridized carbons (Fsp3) is 0.0488. The highest BCUT2D eigenvalue weighted by Crippen LogP contribution is 2.38. The number of hydrogen-bond acceptors (Lipinski definition) is 5. The molecule has 6 aromatic carbocycles. The highest BCUT2D eigenvalue weighted by Gasteiger charge is 2.35. The van der Waals surface area contributed by atoms with E-state index in [1.54, 1.807) is 0 Å². The number of hydrogen-bond donors (Lipinski definition) is 0. The van der Waals surface area contributed by atoms with E-state index >= 15 is 0 Å². The van der Waals surface area contributed by atoms with E-state index in [4.69, 9.17) is 19.4 Å². The van der Waals surface area contributed by atoms with Crippen molar-refractivity contribution in [3.05, 3.63) is 140 Å². The van der Waals surface area contributed by atoms with Crippen molar-refractivity contribution in [2.24, 2.45) is 0 Å². The van der Waals surface area contributed by atoms with Gasteiger partial charge in [-0.2, -0.15) is 0 Å². The fourth-order valence-corrected chi connectivity index (χ4v) is 12.1. The summed E-state index contributed by atoms with van der Waals surface area (Å²) in [6, 6.07) is 48.8. The molecule has 47 heavy (non-hydrogen) atoms. The summed E-state index contributed by atoms with van der Waals surface area (Å²) in [4.78, 5) is 17.4. The topological polar surface area (TPSA) is 51.8 Å². The second kappa shape index (κ2) is 10.9. The van der Waals surface area contributed by atoms with Crippen LogP contribution in [0.3, 0.4) is 0 Å². The van der Waals surface area contributed by atoms with Crippen molar-refractivity contribution in [2.45, 2.75) is 22.9 Å². The molecule has 0 atom stereocenters. The molecule has 6 heteroatoms. The highest BCUT2D eigenvalue weighted by atomic mass is 32.2. The van der Waals surface area contributed by atoms with E-state index < -0.39 is 8.07 Å². The van der Waals surface area contributed by atoms with Gasteiger partial charge in [-0.25, -0.2) is 15.0 Å². The summed E-state index contributed by atoms with van der Waals surface area (Å²) in [5.41, 5.74) is 6.80. The van der Waals surface area contributed by atoms with Gasteiger partial charge in [0.25, 0.3) is 0 Å². The molecule has 0 spiro atoms. The van der Waals surface area contributed by atoms with Crippen molar-refractivity contribution in [2.75, 3.05) is 0 Å². The van der Waals surface area contributed by atoms with Crippen LogP contribution in [-0.2, 0) is 0 Å². The van der Waals surface area contributed by atoms with E-state index in [0.29, 0.717) is 17.5 Å². The third kappa shape index (κ3) is 4.80. The molecule has 3 heterocycles. The SMILES string of the molecule is C[Si]1(C)c2ccccc2Sc2cc(-c3ccc4c(c3)oc3cc(-c5nc(-c6ccccc6)nc(-c6ccccc6)n5)ccc34)ccc21. The lowest BCUT2D eigenvalue weighted by Gasteiger charge is -2.33. The Labute approximate surface area is 278 Å². The molecule has 0 saturated heterocycles. The van der Waals surface area contributed by atoms with Gasteiger partial charge in [0.15, 0.2) is 17.5 Å². The molecule has 9 rings (SSSR count). The summed E-state index contributed by atoms with van der Waals surface area (Å²) in [5, 5.41) is 5.20. The Morgan fingerprint density at radius 1 is 0.447 bits per heavy atom. The number of furan rings is 1. The Hall–Kier alpha value is -5.30. The molecule has 0 N–H and O–H groups in total. The smallest absolute Gasteiger partial charge is 0.164 e. The van der Waals surface area contributed by atoms with E-state index in [9.17, 15) is 0 Å². The van der Waals surface area contributed by atoms with Crippen LogP contribution in [-0.4, -0.2) is 23.0 Å². The Balaban J connectivity index is 1.11. The molecular formula is C41H29N3OSSi. The molecule has 4 nitrogen and oxygen atoms in total. The molecule has 2 aromatic heterocycles. The molecule has 1 aliphatic heterocycles. The van der Waals surface area contributed by atoms with E-state index in [1.807, 2.05) is 78.5 Å². The summed E-state index contributed by atoms with van der Waals surface area (Å²) < 4.78 is 6.53. The molecule has 0 amide bonds. The van der Waals surface area contributed by atoms with Crippen LogP contribution in [0.25, 0.3) is 67.2 Å². The zero-order valence-electron chi connectivity index (χ0n) is 25.9. The maximum absolute atomic E-state index is 6.53. The normalized spacial score (nSPS) is 13.4. The standard InChI is InChI=1S/C41H29N3OSSi/c1-47(2)37-16-10-9-15-35(37)46-36-25-29(19-22-38(36)47)28-17-20-31-32-21-18-30(24-34(32)45-33(31)23-28)41-43-39(26-11-5-3-6-12-26)42-40(44-41)27-13-7-4-8-14-27/h3-25H,1-2H3. The quantitative estimate of drug-likeness (QED) is 0.180. The molecule has 0 radical (unpaired) electrons. The van der Waals surface area contributed by atoms with Crippen LogP contribution < -0.4 is 10.4 Å². The van der Waals surface area contributed by atoms with E-state index in [1.165, 1.54) is 25.7 Å². The van der Waals surface area contributed by atoms with Gasteiger partial charge in [0.2, 0.25) is 0 Å². The van der Waals surface area contributed by atoms with Gasteiger partial charge < -0.3 is 4.42 Å². The number of aromatic nitrogens is 3. The number of fused-ring (bicyclic) bond motifs is 5. The van der Waals surface area contributed by atoms with E-state index in [-0.39, 0.29) is 0 Å².